The molecule has 3 heteroatoms. The van der Waals surface area contributed by atoms with Gasteiger partial charge in [0.15, 0.2) is 0 Å². The molecule has 0 saturated carbocycles. The monoisotopic (exact) mass is 274 g/mol. The van der Waals surface area contributed by atoms with Crippen molar-refractivity contribution < 1.29 is 14.2 Å². The molecule has 0 aliphatic rings. The third-order valence-corrected chi connectivity index (χ3v) is 3.34. The van der Waals surface area contributed by atoms with E-state index in [-0.39, 0.29) is 6.61 Å². The molecule has 0 spiro atoms. The van der Waals surface area contributed by atoms with Crippen molar-refractivity contribution in [2.75, 3.05) is 0 Å². The van der Waals surface area contributed by atoms with Crippen molar-refractivity contribution in [3.63, 3.8) is 0 Å². The highest BCUT2D eigenvalue weighted by atomic mass is 19.1. The Morgan fingerprint density at radius 3 is 2.25 bits per heavy atom. The fraction of sp³-hybridized carbons (Fsp3) is 0.294. The summed E-state index contributed by atoms with van der Waals surface area (Å²) in [5, 5.41) is 9.07. The number of hydrogen-bond acceptors (Lipinski definition) is 2. The van der Waals surface area contributed by atoms with Crippen LogP contribution in [0.4, 0.5) is 4.39 Å². The maximum atomic E-state index is 13.4. The number of halogens is 1. The smallest absolute Gasteiger partial charge is 0.127 e. The SMILES string of the molecule is Cc1cc(C)c(COc2cc(F)cc(CO)c2)c(C)c1. The third-order valence-electron chi connectivity index (χ3n) is 3.34. The minimum absolute atomic E-state index is 0.198. The van der Waals surface area contributed by atoms with Gasteiger partial charge in [-0.1, -0.05) is 17.7 Å². The van der Waals surface area contributed by atoms with E-state index in [1.54, 1.807) is 6.07 Å². The van der Waals surface area contributed by atoms with Crippen LogP contribution in [0, 0.1) is 26.6 Å². The molecule has 0 heterocycles. The van der Waals surface area contributed by atoms with Gasteiger partial charge in [-0.25, -0.2) is 4.39 Å². The van der Waals surface area contributed by atoms with E-state index in [0.717, 1.165) is 5.56 Å². The molecule has 2 aromatic carbocycles. The standard InChI is InChI=1S/C17H19FO2/c1-11-4-12(2)17(13(3)5-11)10-20-16-7-14(9-19)6-15(18)8-16/h4-8,19H,9-10H2,1-3H3. The molecule has 0 saturated heterocycles. The highest BCUT2D eigenvalue weighted by Crippen LogP contribution is 2.21. The van der Waals surface area contributed by atoms with Gasteiger partial charge in [-0.15, -0.1) is 0 Å². The number of aliphatic hydroxyl groups excluding tert-OH is 1. The molecular formula is C17H19FO2. The Balaban J connectivity index is 2.19. The summed E-state index contributed by atoms with van der Waals surface area (Å²) in [5.41, 5.74) is 5.18. The number of rotatable bonds is 4. The van der Waals surface area contributed by atoms with E-state index in [9.17, 15) is 4.39 Å². The zero-order chi connectivity index (χ0) is 14.7. The van der Waals surface area contributed by atoms with Gasteiger partial charge in [-0.05, 0) is 55.2 Å². The molecule has 0 radical (unpaired) electrons. The molecule has 0 unspecified atom stereocenters. The van der Waals surface area contributed by atoms with Gasteiger partial charge in [0, 0.05) is 6.07 Å². The highest BCUT2D eigenvalue weighted by Gasteiger charge is 2.06. The molecule has 0 aromatic heterocycles. The van der Waals surface area contributed by atoms with Crippen molar-refractivity contribution in [3.05, 3.63) is 64.0 Å². The molecule has 0 bridgehead atoms. The summed E-state index contributed by atoms with van der Waals surface area (Å²) in [4.78, 5) is 0. The van der Waals surface area contributed by atoms with Gasteiger partial charge in [0.25, 0.3) is 0 Å². The van der Waals surface area contributed by atoms with Crippen molar-refractivity contribution in [2.24, 2.45) is 0 Å². The zero-order valence-electron chi connectivity index (χ0n) is 12.0. The first kappa shape index (κ1) is 14.5. The molecule has 0 amide bonds. The van der Waals surface area contributed by atoms with E-state index in [1.165, 1.54) is 28.8 Å². The average Bonchev–Trinajstić information content (AvgIpc) is 2.36. The van der Waals surface area contributed by atoms with E-state index < -0.39 is 5.82 Å². The Morgan fingerprint density at radius 1 is 1.00 bits per heavy atom. The van der Waals surface area contributed by atoms with Crippen molar-refractivity contribution in [1.29, 1.82) is 0 Å². The zero-order valence-corrected chi connectivity index (χ0v) is 12.0. The molecule has 0 atom stereocenters. The molecule has 2 nitrogen and oxygen atoms in total. The van der Waals surface area contributed by atoms with Crippen LogP contribution in [-0.2, 0) is 13.2 Å². The van der Waals surface area contributed by atoms with Gasteiger partial charge in [-0.2, -0.15) is 0 Å². The summed E-state index contributed by atoms with van der Waals surface area (Å²) in [6, 6.07) is 8.50. The fourth-order valence-corrected chi connectivity index (χ4v) is 2.39. The van der Waals surface area contributed by atoms with Gasteiger partial charge in [0.1, 0.15) is 18.2 Å². The van der Waals surface area contributed by atoms with Crippen LogP contribution in [0.5, 0.6) is 5.75 Å². The first-order valence-corrected chi connectivity index (χ1v) is 6.59. The van der Waals surface area contributed by atoms with Gasteiger partial charge >= 0.3 is 0 Å². The van der Waals surface area contributed by atoms with Gasteiger partial charge in [-0.3, -0.25) is 0 Å². The van der Waals surface area contributed by atoms with Crippen LogP contribution in [0.1, 0.15) is 27.8 Å². The van der Waals surface area contributed by atoms with Crippen LogP contribution in [0.25, 0.3) is 0 Å². The van der Waals surface area contributed by atoms with Gasteiger partial charge in [0.05, 0.1) is 6.61 Å². The number of ether oxygens (including phenoxy) is 1. The number of aliphatic hydroxyl groups is 1. The van der Waals surface area contributed by atoms with E-state index >= 15 is 0 Å². The molecule has 0 aliphatic heterocycles. The van der Waals surface area contributed by atoms with E-state index in [4.69, 9.17) is 9.84 Å². The number of hydrogen-bond donors (Lipinski definition) is 1. The second-order valence-electron chi connectivity index (χ2n) is 5.12. The van der Waals surface area contributed by atoms with E-state index in [1.807, 2.05) is 13.8 Å². The van der Waals surface area contributed by atoms with Crippen molar-refractivity contribution in [2.45, 2.75) is 34.0 Å². The lowest BCUT2D eigenvalue weighted by Crippen LogP contribution is -2.02. The lowest BCUT2D eigenvalue weighted by Gasteiger charge is -2.13. The molecule has 20 heavy (non-hydrogen) atoms. The van der Waals surface area contributed by atoms with Crippen LogP contribution < -0.4 is 4.74 Å². The summed E-state index contributed by atoms with van der Waals surface area (Å²) < 4.78 is 19.0. The van der Waals surface area contributed by atoms with Crippen LogP contribution >= 0.6 is 0 Å². The third kappa shape index (κ3) is 3.36. The number of benzene rings is 2. The summed E-state index contributed by atoms with van der Waals surface area (Å²) in [7, 11) is 0. The summed E-state index contributed by atoms with van der Waals surface area (Å²) in [5.74, 6) is 0.0392. The normalized spacial score (nSPS) is 10.7. The molecule has 0 aliphatic carbocycles. The Hall–Kier alpha value is -1.87. The Kier molecular flexibility index (Phi) is 4.40. The van der Waals surface area contributed by atoms with Crippen LogP contribution in [-0.4, -0.2) is 5.11 Å². The van der Waals surface area contributed by atoms with E-state index in [0.29, 0.717) is 17.9 Å². The lowest BCUT2D eigenvalue weighted by molar-refractivity contribution is 0.276. The minimum atomic E-state index is -0.399. The molecule has 2 aromatic rings. The quantitative estimate of drug-likeness (QED) is 0.918. The van der Waals surface area contributed by atoms with Crippen LogP contribution in [0.2, 0.25) is 0 Å². The van der Waals surface area contributed by atoms with Gasteiger partial charge < -0.3 is 9.84 Å². The summed E-state index contributed by atoms with van der Waals surface area (Å²) >= 11 is 0. The molecular weight excluding hydrogens is 255 g/mol. The Morgan fingerprint density at radius 2 is 1.65 bits per heavy atom. The first-order valence-electron chi connectivity index (χ1n) is 6.59. The maximum absolute atomic E-state index is 13.4. The maximum Gasteiger partial charge on any atom is 0.127 e. The molecule has 2 rings (SSSR count). The minimum Gasteiger partial charge on any atom is -0.489 e. The topological polar surface area (TPSA) is 29.5 Å². The average molecular weight is 274 g/mol. The summed E-state index contributed by atoms with van der Waals surface area (Å²) in [6.45, 7) is 6.35. The van der Waals surface area contributed by atoms with Crippen molar-refractivity contribution in [3.8, 4) is 5.75 Å². The molecule has 106 valence electrons. The lowest BCUT2D eigenvalue weighted by atomic mass is 10.0. The predicted molar refractivity (Wildman–Crippen MR) is 77.3 cm³/mol. The largest absolute Gasteiger partial charge is 0.489 e. The van der Waals surface area contributed by atoms with Crippen molar-refractivity contribution in [1.82, 2.24) is 0 Å². The van der Waals surface area contributed by atoms with Crippen molar-refractivity contribution >= 4 is 0 Å². The predicted octanol–water partition coefficient (Wildman–Crippen LogP) is 3.82. The second kappa shape index (κ2) is 6.06. The molecule has 1 N–H and O–H groups in total. The van der Waals surface area contributed by atoms with E-state index in [2.05, 4.69) is 19.1 Å². The fourth-order valence-electron chi connectivity index (χ4n) is 2.39. The van der Waals surface area contributed by atoms with Crippen LogP contribution in [0.15, 0.2) is 30.3 Å². The number of aryl methyl sites for hydroxylation is 3. The Labute approximate surface area is 118 Å². The second-order valence-corrected chi connectivity index (χ2v) is 5.12. The summed E-state index contributed by atoms with van der Waals surface area (Å²) in [6.07, 6.45) is 0. The Bertz CT molecular complexity index is 597. The highest BCUT2D eigenvalue weighted by molar-refractivity contribution is 5.37. The molecule has 0 fully saturated rings. The van der Waals surface area contributed by atoms with Gasteiger partial charge in [0.2, 0.25) is 0 Å². The van der Waals surface area contributed by atoms with Crippen LogP contribution in [0.3, 0.4) is 0 Å². The first-order chi connectivity index (χ1) is 9.49.